The molecule has 8 nitrogen and oxygen atoms in total. The van der Waals surface area contributed by atoms with E-state index in [4.69, 9.17) is 9.88 Å². The minimum atomic E-state index is -3.98. The van der Waals surface area contributed by atoms with E-state index in [2.05, 4.69) is 10.6 Å². The second kappa shape index (κ2) is 7.57. The van der Waals surface area contributed by atoms with Gasteiger partial charge >= 0.3 is 0 Å². The maximum Gasteiger partial charge on any atom is 0.255 e. The number of hydrogen-bond acceptors (Lipinski definition) is 6. The molecule has 1 saturated heterocycles. The molecule has 1 aromatic rings. The van der Waals surface area contributed by atoms with Crippen LogP contribution in [0.3, 0.4) is 0 Å². The summed E-state index contributed by atoms with van der Waals surface area (Å²) < 4.78 is 29.4. The number of rotatable bonds is 6. The van der Waals surface area contributed by atoms with Crippen LogP contribution < -0.4 is 20.5 Å². The number of nitrogens with one attached hydrogen (secondary N) is 2. The van der Waals surface area contributed by atoms with E-state index in [1.165, 1.54) is 12.1 Å². The molecular weight excluding hydrogens is 370 g/mol. The number of fused-ring (bicyclic) bond motifs is 1. The molecule has 0 aliphatic carbocycles. The number of ether oxygens (including phenoxy) is 1. The number of amides is 1. The van der Waals surface area contributed by atoms with Crippen molar-refractivity contribution in [2.24, 2.45) is 5.14 Å². The van der Waals surface area contributed by atoms with Crippen molar-refractivity contribution in [1.29, 1.82) is 0 Å². The van der Waals surface area contributed by atoms with Crippen LogP contribution in [-0.2, 0) is 21.2 Å². The van der Waals surface area contributed by atoms with Gasteiger partial charge in [0.1, 0.15) is 17.9 Å². The van der Waals surface area contributed by atoms with Crippen molar-refractivity contribution in [3.63, 3.8) is 0 Å². The number of ketones is 1. The first-order valence-electron chi connectivity index (χ1n) is 9.14. The third-order valence-electron chi connectivity index (χ3n) is 5.02. The summed E-state index contributed by atoms with van der Waals surface area (Å²) in [7, 11) is -3.98. The molecule has 2 heterocycles. The highest BCUT2D eigenvalue weighted by Crippen LogP contribution is 2.35. The predicted molar refractivity (Wildman–Crippen MR) is 99.2 cm³/mol. The van der Waals surface area contributed by atoms with E-state index in [0.717, 1.165) is 19.4 Å². The fraction of sp³-hybridized carbons (Fsp3) is 0.556. The van der Waals surface area contributed by atoms with E-state index in [1.54, 1.807) is 6.92 Å². The molecule has 0 spiro atoms. The van der Waals surface area contributed by atoms with Gasteiger partial charge in [-0.25, -0.2) is 13.6 Å². The van der Waals surface area contributed by atoms with Crippen molar-refractivity contribution in [3.05, 3.63) is 23.3 Å². The topological polar surface area (TPSA) is 128 Å². The second-order valence-corrected chi connectivity index (χ2v) is 8.67. The lowest BCUT2D eigenvalue weighted by molar-refractivity contribution is -0.121. The van der Waals surface area contributed by atoms with Crippen molar-refractivity contribution < 1.29 is 22.7 Å². The summed E-state index contributed by atoms with van der Waals surface area (Å²) in [4.78, 5) is 25.2. The fourth-order valence-electron chi connectivity index (χ4n) is 3.68. The number of carbonyl (C=O) groups excluding carboxylic acids is 2. The maximum atomic E-state index is 13.0. The van der Waals surface area contributed by atoms with Crippen molar-refractivity contribution in [1.82, 2.24) is 10.6 Å². The predicted octanol–water partition coefficient (Wildman–Crippen LogP) is 0.487. The highest BCUT2D eigenvalue weighted by Gasteiger charge is 2.33. The Morgan fingerprint density at radius 3 is 2.74 bits per heavy atom. The van der Waals surface area contributed by atoms with Gasteiger partial charge in [0.05, 0.1) is 10.5 Å². The summed E-state index contributed by atoms with van der Waals surface area (Å²) >= 11 is 0. The number of Topliss-reactive ketones (excluding diaryl/α,β-unsaturated/α-hetero) is 1. The van der Waals surface area contributed by atoms with Gasteiger partial charge in [0, 0.05) is 18.9 Å². The minimum Gasteiger partial charge on any atom is -0.489 e. The molecule has 0 bridgehead atoms. The van der Waals surface area contributed by atoms with Crippen LogP contribution in [0.4, 0.5) is 0 Å². The van der Waals surface area contributed by atoms with Gasteiger partial charge in [0.25, 0.3) is 5.91 Å². The molecule has 1 amide bonds. The number of primary sulfonamides is 1. The highest BCUT2D eigenvalue weighted by atomic mass is 32.2. The molecule has 2 aliphatic rings. The van der Waals surface area contributed by atoms with Gasteiger partial charge in [-0.15, -0.1) is 0 Å². The molecule has 3 unspecified atom stereocenters. The van der Waals surface area contributed by atoms with Crippen molar-refractivity contribution in [2.45, 2.75) is 62.6 Å². The molecule has 3 atom stereocenters. The molecule has 148 valence electrons. The normalized spacial score (nSPS) is 22.8. The maximum absolute atomic E-state index is 13.0. The van der Waals surface area contributed by atoms with Crippen molar-refractivity contribution in [3.8, 4) is 5.75 Å². The van der Waals surface area contributed by atoms with Gasteiger partial charge in [-0.3, -0.25) is 9.59 Å². The molecule has 2 aliphatic heterocycles. The first-order valence-corrected chi connectivity index (χ1v) is 10.7. The number of hydrogen-bond donors (Lipinski definition) is 3. The molecule has 27 heavy (non-hydrogen) atoms. The van der Waals surface area contributed by atoms with Crippen molar-refractivity contribution in [2.75, 3.05) is 6.54 Å². The largest absolute Gasteiger partial charge is 0.489 e. The van der Waals surface area contributed by atoms with E-state index in [1.807, 2.05) is 6.92 Å². The molecule has 1 aromatic carbocycles. The summed E-state index contributed by atoms with van der Waals surface area (Å²) in [6.45, 7) is 4.38. The third kappa shape index (κ3) is 4.15. The number of carbonyl (C=O) groups is 2. The monoisotopic (exact) mass is 395 g/mol. The lowest BCUT2D eigenvalue weighted by Gasteiger charge is -2.24. The van der Waals surface area contributed by atoms with E-state index >= 15 is 0 Å². The average Bonchev–Trinajstić information content (AvgIpc) is 3.25. The fourth-order valence-corrected chi connectivity index (χ4v) is 4.27. The molecule has 0 aromatic heterocycles. The Labute approximate surface area is 158 Å². The summed E-state index contributed by atoms with van der Waals surface area (Å²) in [6.07, 6.45) is 2.34. The Balaban J connectivity index is 1.95. The van der Waals surface area contributed by atoms with Crippen LogP contribution in [0.5, 0.6) is 5.75 Å². The first-order chi connectivity index (χ1) is 12.7. The average molecular weight is 395 g/mol. The van der Waals surface area contributed by atoms with Crippen LogP contribution in [0, 0.1) is 0 Å². The van der Waals surface area contributed by atoms with Crippen molar-refractivity contribution >= 4 is 21.7 Å². The van der Waals surface area contributed by atoms with E-state index in [0.29, 0.717) is 24.2 Å². The highest BCUT2D eigenvalue weighted by molar-refractivity contribution is 7.89. The van der Waals surface area contributed by atoms with Gasteiger partial charge in [-0.2, -0.15) is 0 Å². The number of nitrogens with two attached hydrogens (primary N) is 1. The SMILES string of the molecule is CCC(=O)C(NC(=O)c1cc(S(N)(=O)=O)cc2c1OC(C)C2)C1CCCN1. The van der Waals surface area contributed by atoms with Crippen LogP contribution in [0.2, 0.25) is 0 Å². The van der Waals surface area contributed by atoms with Gasteiger partial charge in [0.2, 0.25) is 10.0 Å². The zero-order chi connectivity index (χ0) is 19.8. The quantitative estimate of drug-likeness (QED) is 0.643. The minimum absolute atomic E-state index is 0.0729. The summed E-state index contributed by atoms with van der Waals surface area (Å²) in [5, 5.41) is 11.3. The van der Waals surface area contributed by atoms with Gasteiger partial charge in [-0.1, -0.05) is 6.92 Å². The second-order valence-electron chi connectivity index (χ2n) is 7.11. The Hall–Kier alpha value is -1.97. The van der Waals surface area contributed by atoms with E-state index in [-0.39, 0.29) is 28.4 Å². The molecule has 0 radical (unpaired) electrons. The summed E-state index contributed by atoms with van der Waals surface area (Å²) in [6, 6.07) is 1.86. The molecule has 1 fully saturated rings. The van der Waals surface area contributed by atoms with Crippen LogP contribution in [-0.4, -0.2) is 44.8 Å². The lowest BCUT2D eigenvalue weighted by Crippen LogP contribution is -2.52. The van der Waals surface area contributed by atoms with Gasteiger partial charge in [-0.05, 0) is 44.0 Å². The Kier molecular flexibility index (Phi) is 5.55. The van der Waals surface area contributed by atoms with Crippen LogP contribution >= 0.6 is 0 Å². The standard InChI is InChI=1S/C18H25N3O5S/c1-3-15(22)16(14-5-4-6-20-14)21-18(23)13-9-12(27(19,24)25)8-11-7-10(2)26-17(11)13/h8-10,14,16,20H,3-7H2,1-2H3,(H,21,23)(H2,19,24,25). The first kappa shape index (κ1) is 19.8. The molecule has 0 saturated carbocycles. The Morgan fingerprint density at radius 2 is 2.15 bits per heavy atom. The zero-order valence-electron chi connectivity index (χ0n) is 15.4. The number of sulfonamides is 1. The smallest absolute Gasteiger partial charge is 0.255 e. The third-order valence-corrected chi connectivity index (χ3v) is 5.91. The lowest BCUT2D eigenvalue weighted by atomic mass is 9.99. The van der Waals surface area contributed by atoms with E-state index in [9.17, 15) is 18.0 Å². The summed E-state index contributed by atoms with van der Waals surface area (Å²) in [5.74, 6) is -0.253. The van der Waals surface area contributed by atoms with Crippen LogP contribution in [0.15, 0.2) is 17.0 Å². The Morgan fingerprint density at radius 1 is 1.41 bits per heavy atom. The molecule has 3 rings (SSSR count). The molecule has 4 N–H and O–H groups in total. The zero-order valence-corrected chi connectivity index (χ0v) is 16.3. The molecular formula is C18H25N3O5S. The summed E-state index contributed by atoms with van der Waals surface area (Å²) in [5.41, 5.74) is 0.712. The van der Waals surface area contributed by atoms with E-state index < -0.39 is 22.0 Å². The van der Waals surface area contributed by atoms with Gasteiger partial charge < -0.3 is 15.4 Å². The molecule has 9 heteroatoms. The van der Waals surface area contributed by atoms with Crippen LogP contribution in [0.1, 0.15) is 49.0 Å². The number of benzene rings is 1. The van der Waals surface area contributed by atoms with Gasteiger partial charge in [0.15, 0.2) is 5.78 Å². The Bertz CT molecular complexity index is 862. The van der Waals surface area contributed by atoms with Crippen LogP contribution in [0.25, 0.3) is 0 Å².